The highest BCUT2D eigenvalue weighted by atomic mass is 32.1. The van der Waals surface area contributed by atoms with E-state index in [1.54, 1.807) is 12.4 Å². The Morgan fingerprint density at radius 2 is 1.79 bits per heavy atom. The molecule has 5 nitrogen and oxygen atoms in total. The molecule has 0 amide bonds. The lowest BCUT2D eigenvalue weighted by Gasteiger charge is -2.32. The molecular weight excluding hydrogens is 263 g/mol. The zero-order valence-electron chi connectivity index (χ0n) is 11.3. The molecular formula is C12H15BN2O3S. The minimum absolute atomic E-state index is 0.343. The van der Waals surface area contributed by atoms with E-state index in [-0.39, 0.29) is 18.3 Å². The van der Waals surface area contributed by atoms with E-state index in [0.717, 1.165) is 9.78 Å². The molecule has 0 radical (unpaired) electrons. The second kappa shape index (κ2) is 4.16. The van der Waals surface area contributed by atoms with E-state index in [4.69, 9.17) is 13.7 Å². The van der Waals surface area contributed by atoms with Crippen LogP contribution in [0.5, 0.6) is 0 Å². The van der Waals surface area contributed by atoms with Gasteiger partial charge in [-0.2, -0.15) is 0 Å². The molecule has 1 aliphatic rings. The zero-order valence-corrected chi connectivity index (χ0v) is 12.2. The summed E-state index contributed by atoms with van der Waals surface area (Å²) in [7, 11) is -0.383. The molecule has 19 heavy (non-hydrogen) atoms. The molecule has 0 atom stereocenters. The standard InChI is InChI=1S/C12H15BN2O3S/c1-11(2)12(3,4)18-13(17-11)8-7-15-10(19-8)9-14-5-6-16-9/h5-7H,1-4H3. The first-order valence-electron chi connectivity index (χ1n) is 6.10. The Labute approximate surface area is 116 Å². The summed E-state index contributed by atoms with van der Waals surface area (Å²) in [6.45, 7) is 8.12. The minimum Gasteiger partial charge on any atom is -0.443 e. The SMILES string of the molecule is CC1(C)OB(c2cnc(-c3ncco3)s2)OC1(C)C. The van der Waals surface area contributed by atoms with E-state index in [1.165, 1.54) is 17.6 Å². The number of hydrogen-bond acceptors (Lipinski definition) is 6. The maximum Gasteiger partial charge on any atom is 0.507 e. The zero-order chi connectivity index (χ0) is 13.7. The Hall–Kier alpha value is -1.18. The number of nitrogens with zero attached hydrogens (tertiary/aromatic N) is 2. The molecule has 1 saturated heterocycles. The van der Waals surface area contributed by atoms with E-state index in [0.29, 0.717) is 5.89 Å². The normalized spacial score (nSPS) is 20.9. The Bertz CT molecular complexity index is 564. The number of rotatable bonds is 2. The van der Waals surface area contributed by atoms with Gasteiger partial charge in [-0.15, -0.1) is 11.3 Å². The van der Waals surface area contributed by atoms with Gasteiger partial charge in [0.1, 0.15) is 6.26 Å². The fraction of sp³-hybridized carbons (Fsp3) is 0.500. The Balaban J connectivity index is 1.85. The van der Waals surface area contributed by atoms with E-state index in [1.807, 2.05) is 27.7 Å². The van der Waals surface area contributed by atoms with Gasteiger partial charge in [0.05, 0.1) is 22.2 Å². The summed E-state index contributed by atoms with van der Waals surface area (Å²) in [6, 6.07) is 0. The van der Waals surface area contributed by atoms with Crippen LogP contribution in [0.3, 0.4) is 0 Å². The summed E-state index contributed by atoms with van der Waals surface area (Å²) >= 11 is 1.47. The van der Waals surface area contributed by atoms with E-state index in [9.17, 15) is 0 Å². The van der Waals surface area contributed by atoms with Crippen molar-refractivity contribution in [3.63, 3.8) is 0 Å². The predicted octanol–water partition coefficient (Wildman–Crippen LogP) is 2.10. The quantitative estimate of drug-likeness (QED) is 0.787. The highest BCUT2D eigenvalue weighted by Gasteiger charge is 2.52. The van der Waals surface area contributed by atoms with Gasteiger partial charge in [0, 0.05) is 6.20 Å². The smallest absolute Gasteiger partial charge is 0.443 e. The number of oxazole rings is 1. The van der Waals surface area contributed by atoms with Gasteiger partial charge in [0.25, 0.3) is 5.89 Å². The maximum atomic E-state index is 5.98. The maximum absolute atomic E-state index is 5.98. The minimum atomic E-state index is -0.383. The van der Waals surface area contributed by atoms with Crippen molar-refractivity contribution < 1.29 is 13.7 Å². The van der Waals surface area contributed by atoms with Gasteiger partial charge in [0.2, 0.25) is 0 Å². The monoisotopic (exact) mass is 278 g/mol. The van der Waals surface area contributed by atoms with Crippen LogP contribution in [0.15, 0.2) is 23.1 Å². The van der Waals surface area contributed by atoms with Gasteiger partial charge >= 0.3 is 7.12 Å². The van der Waals surface area contributed by atoms with Crippen LogP contribution in [-0.4, -0.2) is 28.3 Å². The lowest BCUT2D eigenvalue weighted by molar-refractivity contribution is 0.00578. The summed E-state index contributed by atoms with van der Waals surface area (Å²) in [5, 5.41) is 0.731. The third-order valence-corrected chi connectivity index (χ3v) is 4.63. The van der Waals surface area contributed by atoms with Crippen molar-refractivity contribution in [1.82, 2.24) is 9.97 Å². The number of hydrogen-bond donors (Lipinski definition) is 0. The lowest BCUT2D eigenvalue weighted by atomic mass is 9.89. The molecule has 0 unspecified atom stereocenters. The van der Waals surface area contributed by atoms with Crippen LogP contribution in [0.1, 0.15) is 27.7 Å². The summed E-state index contributed by atoms with van der Waals surface area (Å²) in [5.74, 6) is 0.521. The Morgan fingerprint density at radius 1 is 1.11 bits per heavy atom. The average molecular weight is 278 g/mol. The molecule has 0 aromatic carbocycles. The van der Waals surface area contributed by atoms with Crippen molar-refractivity contribution in [3.8, 4) is 10.9 Å². The Morgan fingerprint density at radius 3 is 2.37 bits per heavy atom. The topological polar surface area (TPSA) is 57.4 Å². The number of thiazole rings is 1. The first kappa shape index (κ1) is 12.8. The van der Waals surface area contributed by atoms with Gasteiger partial charge < -0.3 is 13.7 Å². The van der Waals surface area contributed by atoms with E-state index in [2.05, 4.69) is 9.97 Å². The van der Waals surface area contributed by atoms with Crippen LogP contribution in [0.4, 0.5) is 0 Å². The van der Waals surface area contributed by atoms with Crippen molar-refractivity contribution in [2.75, 3.05) is 0 Å². The van der Waals surface area contributed by atoms with Gasteiger partial charge in [0.15, 0.2) is 5.01 Å². The third-order valence-electron chi connectivity index (χ3n) is 3.62. The molecule has 1 fully saturated rings. The first-order valence-corrected chi connectivity index (χ1v) is 6.92. The average Bonchev–Trinajstić information content (AvgIpc) is 3.00. The largest absolute Gasteiger partial charge is 0.507 e. The highest BCUT2D eigenvalue weighted by Crippen LogP contribution is 2.37. The second-order valence-electron chi connectivity index (χ2n) is 5.49. The summed E-state index contributed by atoms with van der Waals surface area (Å²) < 4.78 is 18.1. The van der Waals surface area contributed by atoms with Crippen molar-refractivity contribution in [2.24, 2.45) is 0 Å². The highest BCUT2D eigenvalue weighted by molar-refractivity contribution is 7.24. The van der Waals surface area contributed by atoms with Crippen LogP contribution in [0.25, 0.3) is 10.9 Å². The molecule has 3 rings (SSSR count). The Kier molecular flexibility index (Phi) is 2.81. The van der Waals surface area contributed by atoms with Crippen LogP contribution < -0.4 is 4.78 Å². The van der Waals surface area contributed by atoms with E-state index >= 15 is 0 Å². The van der Waals surface area contributed by atoms with Crippen LogP contribution >= 0.6 is 11.3 Å². The van der Waals surface area contributed by atoms with Gasteiger partial charge in [-0.25, -0.2) is 9.97 Å². The summed E-state index contributed by atoms with van der Waals surface area (Å²) in [4.78, 5) is 8.38. The first-order chi connectivity index (χ1) is 8.89. The molecule has 0 N–H and O–H groups in total. The molecule has 0 bridgehead atoms. The van der Waals surface area contributed by atoms with E-state index < -0.39 is 0 Å². The van der Waals surface area contributed by atoms with Crippen molar-refractivity contribution in [3.05, 3.63) is 18.7 Å². The number of aromatic nitrogens is 2. The summed E-state index contributed by atoms with van der Waals surface area (Å²) in [6.07, 6.45) is 4.89. The summed E-state index contributed by atoms with van der Waals surface area (Å²) in [5.41, 5.74) is -0.685. The van der Waals surface area contributed by atoms with Crippen molar-refractivity contribution >= 4 is 23.2 Å². The van der Waals surface area contributed by atoms with Gasteiger partial charge in [-0.1, -0.05) is 0 Å². The van der Waals surface area contributed by atoms with Crippen LogP contribution in [-0.2, 0) is 9.31 Å². The molecule has 0 saturated carbocycles. The molecule has 3 heterocycles. The molecule has 7 heteroatoms. The van der Waals surface area contributed by atoms with Crippen LogP contribution in [0.2, 0.25) is 0 Å². The molecule has 1 aliphatic heterocycles. The van der Waals surface area contributed by atoms with Crippen molar-refractivity contribution in [2.45, 2.75) is 38.9 Å². The van der Waals surface area contributed by atoms with Gasteiger partial charge in [-0.05, 0) is 27.7 Å². The molecule has 2 aromatic heterocycles. The van der Waals surface area contributed by atoms with Gasteiger partial charge in [-0.3, -0.25) is 0 Å². The fourth-order valence-corrected chi connectivity index (χ4v) is 2.60. The third kappa shape index (κ3) is 2.11. The molecule has 0 spiro atoms. The van der Waals surface area contributed by atoms with Crippen molar-refractivity contribution in [1.29, 1.82) is 0 Å². The second-order valence-corrected chi connectivity index (χ2v) is 6.56. The molecule has 0 aliphatic carbocycles. The lowest BCUT2D eigenvalue weighted by Crippen LogP contribution is -2.41. The van der Waals surface area contributed by atoms with Crippen LogP contribution in [0, 0.1) is 0 Å². The molecule has 2 aromatic rings. The predicted molar refractivity (Wildman–Crippen MR) is 73.3 cm³/mol. The fourth-order valence-electron chi connectivity index (χ4n) is 1.78. The molecule has 100 valence electrons.